The van der Waals surface area contributed by atoms with Crippen LogP contribution in [0.1, 0.15) is 21.5 Å². The van der Waals surface area contributed by atoms with Crippen molar-refractivity contribution < 1.29 is 19.1 Å². The van der Waals surface area contributed by atoms with Gasteiger partial charge in [0.1, 0.15) is 17.0 Å². The van der Waals surface area contributed by atoms with Crippen LogP contribution in [0.5, 0.6) is 5.75 Å². The molecule has 0 radical (unpaired) electrons. The van der Waals surface area contributed by atoms with Gasteiger partial charge < -0.3 is 14.3 Å². The summed E-state index contributed by atoms with van der Waals surface area (Å²) in [4.78, 5) is 16.6. The maximum Gasteiger partial charge on any atom is 0.336 e. The summed E-state index contributed by atoms with van der Waals surface area (Å²) in [5.41, 5.74) is 3.80. The van der Waals surface area contributed by atoms with Gasteiger partial charge in [-0.25, -0.2) is 9.78 Å². The van der Waals surface area contributed by atoms with E-state index >= 15 is 0 Å². The molecule has 0 amide bonds. The van der Waals surface area contributed by atoms with Crippen LogP contribution in [-0.4, -0.2) is 23.2 Å². The third kappa shape index (κ3) is 2.32. The smallest absolute Gasteiger partial charge is 0.336 e. The Kier molecular flexibility index (Phi) is 3.65. The summed E-state index contributed by atoms with van der Waals surface area (Å²) in [7, 11) is 1.52. The van der Waals surface area contributed by atoms with Gasteiger partial charge in [0.2, 0.25) is 0 Å². The standard InChI is InChI=1S/C21H17NO4/c1-11-8-9-17(25-3)18-14(21(23)24)10-15(22-19(11)18)20-12(2)13-6-4-5-7-16(13)26-20/h4-10H,1-3H3,(H,23,24). The van der Waals surface area contributed by atoms with Crippen LogP contribution in [0.2, 0.25) is 0 Å². The fraction of sp³-hybridized carbons (Fsp3) is 0.143. The predicted molar refractivity (Wildman–Crippen MR) is 99.9 cm³/mol. The van der Waals surface area contributed by atoms with Crippen molar-refractivity contribution in [2.24, 2.45) is 0 Å². The number of carboxylic acids is 1. The van der Waals surface area contributed by atoms with Crippen molar-refractivity contribution in [1.82, 2.24) is 4.98 Å². The second-order valence-electron chi connectivity index (χ2n) is 6.22. The first-order valence-corrected chi connectivity index (χ1v) is 8.21. The molecule has 2 heterocycles. The number of hydrogen-bond donors (Lipinski definition) is 1. The molecule has 4 aromatic rings. The average molecular weight is 347 g/mol. The molecular weight excluding hydrogens is 330 g/mol. The van der Waals surface area contributed by atoms with E-state index in [4.69, 9.17) is 14.1 Å². The fourth-order valence-electron chi connectivity index (χ4n) is 3.32. The molecule has 0 unspecified atom stereocenters. The second kappa shape index (κ2) is 5.88. The number of furan rings is 1. The predicted octanol–water partition coefficient (Wildman–Crippen LogP) is 4.97. The van der Waals surface area contributed by atoms with Crippen LogP contribution in [-0.2, 0) is 0 Å². The summed E-state index contributed by atoms with van der Waals surface area (Å²) in [5, 5.41) is 11.2. The van der Waals surface area contributed by atoms with Gasteiger partial charge in [-0.3, -0.25) is 0 Å². The lowest BCUT2D eigenvalue weighted by Crippen LogP contribution is -2.03. The molecule has 0 aliphatic carbocycles. The summed E-state index contributed by atoms with van der Waals surface area (Å²) >= 11 is 0. The zero-order valence-corrected chi connectivity index (χ0v) is 14.7. The Balaban J connectivity index is 2.09. The first-order chi connectivity index (χ1) is 12.5. The Bertz CT molecular complexity index is 1170. The van der Waals surface area contributed by atoms with Gasteiger partial charge >= 0.3 is 5.97 Å². The molecule has 0 aliphatic heterocycles. The fourth-order valence-corrected chi connectivity index (χ4v) is 3.32. The monoisotopic (exact) mass is 347 g/mol. The van der Waals surface area contributed by atoms with Gasteiger partial charge in [-0.15, -0.1) is 0 Å². The minimum Gasteiger partial charge on any atom is -0.496 e. The number of pyridine rings is 1. The summed E-state index contributed by atoms with van der Waals surface area (Å²) < 4.78 is 11.3. The number of carbonyl (C=O) groups is 1. The number of nitrogens with zero attached hydrogens (tertiary/aromatic N) is 1. The summed E-state index contributed by atoms with van der Waals surface area (Å²) in [5.74, 6) is 0.0394. The molecule has 130 valence electrons. The highest BCUT2D eigenvalue weighted by Crippen LogP contribution is 2.36. The number of aromatic nitrogens is 1. The Hall–Kier alpha value is -3.34. The second-order valence-corrected chi connectivity index (χ2v) is 6.22. The van der Waals surface area contributed by atoms with Crippen LogP contribution in [0.3, 0.4) is 0 Å². The van der Waals surface area contributed by atoms with Crippen molar-refractivity contribution in [2.75, 3.05) is 7.11 Å². The molecule has 2 aromatic carbocycles. The zero-order chi connectivity index (χ0) is 18.4. The van der Waals surface area contributed by atoms with E-state index < -0.39 is 5.97 Å². The number of aryl methyl sites for hydroxylation is 2. The molecule has 5 nitrogen and oxygen atoms in total. The molecule has 5 heteroatoms. The Morgan fingerprint density at radius 3 is 2.62 bits per heavy atom. The minimum atomic E-state index is -1.03. The molecule has 0 saturated carbocycles. The molecule has 1 N–H and O–H groups in total. The first kappa shape index (κ1) is 16.1. The Morgan fingerprint density at radius 2 is 1.92 bits per heavy atom. The normalized spacial score (nSPS) is 11.2. The molecule has 0 bridgehead atoms. The Morgan fingerprint density at radius 1 is 1.15 bits per heavy atom. The highest BCUT2D eigenvalue weighted by atomic mass is 16.5. The maximum atomic E-state index is 11.9. The number of ether oxygens (including phenoxy) is 1. The molecule has 0 fully saturated rings. The van der Waals surface area contributed by atoms with Crippen LogP contribution in [0.15, 0.2) is 46.9 Å². The Labute approximate surface area is 149 Å². The van der Waals surface area contributed by atoms with Crippen LogP contribution >= 0.6 is 0 Å². The lowest BCUT2D eigenvalue weighted by Gasteiger charge is -2.12. The van der Waals surface area contributed by atoms with Crippen LogP contribution in [0.4, 0.5) is 0 Å². The molecule has 2 aromatic heterocycles. The lowest BCUT2D eigenvalue weighted by molar-refractivity contribution is 0.0698. The van der Waals surface area contributed by atoms with Crippen LogP contribution in [0.25, 0.3) is 33.3 Å². The van der Waals surface area contributed by atoms with E-state index in [0.29, 0.717) is 28.1 Å². The number of para-hydroxylation sites is 1. The topological polar surface area (TPSA) is 72.6 Å². The van der Waals surface area contributed by atoms with Gasteiger partial charge in [0.05, 0.1) is 23.6 Å². The molecular formula is C21H17NO4. The third-order valence-electron chi connectivity index (χ3n) is 4.65. The number of hydrogen-bond acceptors (Lipinski definition) is 4. The third-order valence-corrected chi connectivity index (χ3v) is 4.65. The van der Waals surface area contributed by atoms with E-state index in [2.05, 4.69) is 0 Å². The van der Waals surface area contributed by atoms with Crippen molar-refractivity contribution in [3.05, 3.63) is 59.2 Å². The first-order valence-electron chi connectivity index (χ1n) is 8.21. The van der Waals surface area contributed by atoms with E-state index in [1.54, 1.807) is 12.1 Å². The number of benzene rings is 2. The number of carboxylic acid groups (broad SMARTS) is 1. The van der Waals surface area contributed by atoms with Gasteiger partial charge in [-0.2, -0.15) is 0 Å². The summed E-state index contributed by atoms with van der Waals surface area (Å²) in [6.45, 7) is 3.85. The van der Waals surface area contributed by atoms with Crippen molar-refractivity contribution in [3.8, 4) is 17.2 Å². The van der Waals surface area contributed by atoms with Crippen molar-refractivity contribution >= 4 is 27.8 Å². The summed E-state index contributed by atoms with van der Waals surface area (Å²) in [6.07, 6.45) is 0. The van der Waals surface area contributed by atoms with E-state index in [0.717, 1.165) is 22.1 Å². The number of fused-ring (bicyclic) bond motifs is 2. The van der Waals surface area contributed by atoms with E-state index in [1.165, 1.54) is 7.11 Å². The lowest BCUT2D eigenvalue weighted by atomic mass is 10.0. The van der Waals surface area contributed by atoms with Crippen molar-refractivity contribution in [3.63, 3.8) is 0 Å². The van der Waals surface area contributed by atoms with Gasteiger partial charge in [-0.05, 0) is 37.6 Å². The average Bonchev–Trinajstić information content (AvgIpc) is 2.98. The molecule has 4 rings (SSSR count). The van der Waals surface area contributed by atoms with Crippen molar-refractivity contribution in [2.45, 2.75) is 13.8 Å². The molecule has 0 saturated heterocycles. The van der Waals surface area contributed by atoms with Gasteiger partial charge in [0.25, 0.3) is 0 Å². The molecule has 26 heavy (non-hydrogen) atoms. The molecule has 0 atom stereocenters. The number of aromatic carboxylic acids is 1. The largest absolute Gasteiger partial charge is 0.496 e. The molecule has 0 spiro atoms. The molecule has 0 aliphatic rings. The quantitative estimate of drug-likeness (QED) is 0.566. The SMILES string of the molecule is COc1ccc(C)c2nc(-c3oc4ccccc4c3C)cc(C(=O)O)c12. The zero-order valence-electron chi connectivity index (χ0n) is 14.7. The van der Waals surface area contributed by atoms with Gasteiger partial charge in [0.15, 0.2) is 5.76 Å². The van der Waals surface area contributed by atoms with Crippen LogP contribution < -0.4 is 4.74 Å². The van der Waals surface area contributed by atoms with E-state index in [1.807, 2.05) is 44.2 Å². The van der Waals surface area contributed by atoms with Gasteiger partial charge in [0, 0.05) is 10.9 Å². The maximum absolute atomic E-state index is 11.9. The van der Waals surface area contributed by atoms with E-state index in [-0.39, 0.29) is 5.56 Å². The van der Waals surface area contributed by atoms with Crippen LogP contribution in [0, 0.1) is 13.8 Å². The summed E-state index contributed by atoms with van der Waals surface area (Å²) in [6, 6.07) is 12.9. The highest BCUT2D eigenvalue weighted by Gasteiger charge is 2.21. The van der Waals surface area contributed by atoms with Gasteiger partial charge in [-0.1, -0.05) is 24.3 Å². The van der Waals surface area contributed by atoms with E-state index in [9.17, 15) is 9.90 Å². The number of rotatable bonds is 3. The minimum absolute atomic E-state index is 0.144. The van der Waals surface area contributed by atoms with Crippen molar-refractivity contribution in [1.29, 1.82) is 0 Å². The highest BCUT2D eigenvalue weighted by molar-refractivity contribution is 6.07. The number of methoxy groups -OCH3 is 1.